The zero-order valence-electron chi connectivity index (χ0n) is 27.3. The molecular formula is C47H32N2O. The van der Waals surface area contributed by atoms with Crippen LogP contribution in [0.1, 0.15) is 22.3 Å². The van der Waals surface area contributed by atoms with Crippen LogP contribution in [0, 0.1) is 0 Å². The third-order valence-electron chi connectivity index (χ3n) is 9.65. The highest BCUT2D eigenvalue weighted by molar-refractivity contribution is 5.83. The molecule has 0 N–H and O–H groups in total. The Morgan fingerprint density at radius 2 is 0.840 bits per heavy atom. The van der Waals surface area contributed by atoms with Crippen LogP contribution in [0.15, 0.2) is 194 Å². The fourth-order valence-corrected chi connectivity index (χ4v) is 7.40. The molecule has 3 nitrogen and oxygen atoms in total. The van der Waals surface area contributed by atoms with Crippen LogP contribution in [0.3, 0.4) is 0 Å². The number of nitrogens with zero attached hydrogens (tertiary/aromatic N) is 2. The fraction of sp³-hybridized carbons (Fsp3) is 0.0213. The van der Waals surface area contributed by atoms with Gasteiger partial charge in [-0.2, -0.15) is 0 Å². The van der Waals surface area contributed by atoms with Crippen LogP contribution in [-0.2, 0) is 5.41 Å². The lowest BCUT2D eigenvalue weighted by Gasteiger charge is -2.41. The second kappa shape index (κ2) is 12.5. The summed E-state index contributed by atoms with van der Waals surface area (Å²) in [6.45, 7) is 0. The molecule has 0 spiro atoms. The molecule has 0 saturated carbocycles. The van der Waals surface area contributed by atoms with Crippen LogP contribution in [-0.4, -0.2) is 9.97 Å². The van der Waals surface area contributed by atoms with Gasteiger partial charge in [0.1, 0.15) is 11.5 Å². The molecule has 1 aliphatic heterocycles. The first-order chi connectivity index (χ1) is 24.8. The van der Waals surface area contributed by atoms with E-state index in [2.05, 4.69) is 170 Å². The van der Waals surface area contributed by atoms with Crippen molar-refractivity contribution < 1.29 is 4.74 Å². The first-order valence-corrected chi connectivity index (χ1v) is 16.9. The summed E-state index contributed by atoms with van der Waals surface area (Å²) >= 11 is 0. The van der Waals surface area contributed by atoms with E-state index >= 15 is 0 Å². The standard InChI is InChI=1S/C47H32N2O/c1-4-17-33(18-5-1)38-25-10-11-26-39(38)46-48-42(34-19-6-2-7-20-34)32-43(49-46)35-21-16-24-37(31-35)47(36-22-8-3-9-23-36)40-27-12-14-29-44(40)50-45-30-15-13-28-41(45)47/h1-32H. The van der Waals surface area contributed by atoms with Gasteiger partial charge in [0.25, 0.3) is 0 Å². The van der Waals surface area contributed by atoms with Gasteiger partial charge < -0.3 is 4.74 Å². The van der Waals surface area contributed by atoms with Crippen molar-refractivity contribution in [3.05, 3.63) is 216 Å². The molecule has 0 radical (unpaired) electrons. The predicted molar refractivity (Wildman–Crippen MR) is 202 cm³/mol. The Kier molecular flexibility index (Phi) is 7.37. The van der Waals surface area contributed by atoms with Gasteiger partial charge in [-0.05, 0) is 46.5 Å². The molecule has 2 heterocycles. The van der Waals surface area contributed by atoms with Crippen LogP contribution in [0.5, 0.6) is 11.5 Å². The molecule has 7 aromatic carbocycles. The van der Waals surface area contributed by atoms with Gasteiger partial charge in [-0.1, -0.05) is 170 Å². The van der Waals surface area contributed by atoms with Gasteiger partial charge in [0, 0.05) is 27.8 Å². The molecule has 9 rings (SSSR count). The Morgan fingerprint density at radius 1 is 0.360 bits per heavy atom. The molecule has 0 bridgehead atoms. The molecule has 0 fully saturated rings. The largest absolute Gasteiger partial charge is 0.457 e. The van der Waals surface area contributed by atoms with E-state index in [1.807, 2.05) is 24.3 Å². The van der Waals surface area contributed by atoms with Gasteiger partial charge in [-0.25, -0.2) is 9.97 Å². The highest BCUT2D eigenvalue weighted by Gasteiger charge is 2.45. The minimum Gasteiger partial charge on any atom is -0.457 e. The summed E-state index contributed by atoms with van der Waals surface area (Å²) < 4.78 is 6.55. The van der Waals surface area contributed by atoms with Crippen molar-refractivity contribution in [2.75, 3.05) is 0 Å². The number of fused-ring (bicyclic) bond motifs is 2. The van der Waals surface area contributed by atoms with Crippen molar-refractivity contribution in [3.8, 4) is 56.5 Å². The van der Waals surface area contributed by atoms with E-state index in [0.29, 0.717) is 5.82 Å². The lowest BCUT2D eigenvalue weighted by molar-refractivity contribution is 0.434. The number of aromatic nitrogens is 2. The molecule has 3 heteroatoms. The van der Waals surface area contributed by atoms with Crippen LogP contribution in [0.4, 0.5) is 0 Å². The lowest BCUT2D eigenvalue weighted by Crippen LogP contribution is -2.34. The second-order valence-corrected chi connectivity index (χ2v) is 12.5. The Balaban J connectivity index is 1.29. The Morgan fingerprint density at radius 3 is 1.50 bits per heavy atom. The average Bonchev–Trinajstić information content (AvgIpc) is 3.21. The van der Waals surface area contributed by atoms with Crippen molar-refractivity contribution in [3.63, 3.8) is 0 Å². The van der Waals surface area contributed by atoms with Crippen molar-refractivity contribution in [1.82, 2.24) is 9.97 Å². The highest BCUT2D eigenvalue weighted by atomic mass is 16.5. The maximum atomic E-state index is 6.55. The summed E-state index contributed by atoms with van der Waals surface area (Å²) in [4.78, 5) is 10.5. The Labute approximate surface area is 292 Å². The monoisotopic (exact) mass is 640 g/mol. The molecule has 0 unspecified atom stereocenters. The molecule has 1 aromatic heterocycles. The van der Waals surface area contributed by atoms with E-state index in [1.165, 1.54) is 5.56 Å². The van der Waals surface area contributed by atoms with E-state index in [0.717, 1.165) is 67.4 Å². The smallest absolute Gasteiger partial charge is 0.161 e. The summed E-state index contributed by atoms with van der Waals surface area (Å²) in [6.07, 6.45) is 0. The van der Waals surface area contributed by atoms with Crippen molar-refractivity contribution in [2.24, 2.45) is 0 Å². The summed E-state index contributed by atoms with van der Waals surface area (Å²) in [6, 6.07) is 67.7. The highest BCUT2D eigenvalue weighted by Crippen LogP contribution is 2.55. The number of ether oxygens (including phenoxy) is 1. The number of hydrogen-bond acceptors (Lipinski definition) is 3. The lowest BCUT2D eigenvalue weighted by atomic mass is 9.63. The first kappa shape index (κ1) is 29.6. The zero-order valence-corrected chi connectivity index (χ0v) is 27.3. The number of rotatable bonds is 6. The molecule has 0 aliphatic carbocycles. The summed E-state index contributed by atoms with van der Waals surface area (Å²) in [5.41, 5.74) is 10.9. The topological polar surface area (TPSA) is 35.0 Å². The maximum Gasteiger partial charge on any atom is 0.161 e. The molecule has 0 amide bonds. The van der Waals surface area contributed by atoms with Gasteiger partial charge in [0.15, 0.2) is 5.82 Å². The normalized spacial score (nSPS) is 12.7. The summed E-state index contributed by atoms with van der Waals surface area (Å²) in [5, 5.41) is 0. The van der Waals surface area contributed by atoms with Crippen LogP contribution in [0.2, 0.25) is 0 Å². The van der Waals surface area contributed by atoms with Gasteiger partial charge in [-0.3, -0.25) is 0 Å². The average molecular weight is 641 g/mol. The third-order valence-corrected chi connectivity index (χ3v) is 9.65. The third kappa shape index (κ3) is 4.99. The SMILES string of the molecule is c1ccc(-c2cc(-c3cccc(C4(c5ccccc5)c5ccccc5Oc5ccccc54)c3)nc(-c3ccccc3-c3ccccc3)n2)cc1. The van der Waals surface area contributed by atoms with Crippen LogP contribution < -0.4 is 4.74 Å². The minimum absolute atomic E-state index is 0.624. The van der Waals surface area contributed by atoms with E-state index in [-0.39, 0.29) is 0 Å². The molecule has 8 aromatic rings. The molecular weight excluding hydrogens is 609 g/mol. The number of para-hydroxylation sites is 2. The van der Waals surface area contributed by atoms with Crippen molar-refractivity contribution in [2.45, 2.75) is 5.41 Å². The number of benzene rings is 7. The maximum absolute atomic E-state index is 6.55. The second-order valence-electron chi connectivity index (χ2n) is 12.5. The summed E-state index contributed by atoms with van der Waals surface area (Å²) in [5.74, 6) is 2.40. The van der Waals surface area contributed by atoms with Crippen LogP contribution in [0.25, 0.3) is 45.0 Å². The fourth-order valence-electron chi connectivity index (χ4n) is 7.40. The van der Waals surface area contributed by atoms with Gasteiger partial charge in [-0.15, -0.1) is 0 Å². The van der Waals surface area contributed by atoms with E-state index < -0.39 is 5.41 Å². The van der Waals surface area contributed by atoms with Crippen molar-refractivity contribution >= 4 is 0 Å². The van der Waals surface area contributed by atoms with E-state index in [4.69, 9.17) is 14.7 Å². The Bertz CT molecular complexity index is 2410. The molecule has 0 atom stereocenters. The van der Waals surface area contributed by atoms with Gasteiger partial charge >= 0.3 is 0 Å². The minimum atomic E-state index is -0.624. The molecule has 236 valence electrons. The Hall–Kier alpha value is -6.58. The summed E-state index contributed by atoms with van der Waals surface area (Å²) in [7, 11) is 0. The first-order valence-electron chi connectivity index (χ1n) is 16.9. The predicted octanol–water partition coefficient (Wildman–Crippen LogP) is 11.6. The van der Waals surface area contributed by atoms with Gasteiger partial charge in [0.05, 0.1) is 16.8 Å². The number of hydrogen-bond donors (Lipinski definition) is 0. The van der Waals surface area contributed by atoms with Crippen molar-refractivity contribution in [1.29, 1.82) is 0 Å². The van der Waals surface area contributed by atoms with E-state index in [9.17, 15) is 0 Å². The zero-order chi connectivity index (χ0) is 33.3. The molecule has 1 aliphatic rings. The molecule has 0 saturated heterocycles. The van der Waals surface area contributed by atoms with Crippen LogP contribution >= 0.6 is 0 Å². The van der Waals surface area contributed by atoms with E-state index in [1.54, 1.807) is 0 Å². The van der Waals surface area contributed by atoms with Gasteiger partial charge in [0.2, 0.25) is 0 Å². The quantitative estimate of drug-likeness (QED) is 0.181. The molecule has 50 heavy (non-hydrogen) atoms.